The summed E-state index contributed by atoms with van der Waals surface area (Å²) >= 11 is 1.71. The highest BCUT2D eigenvalue weighted by atomic mass is 32.1. The molecule has 0 radical (unpaired) electrons. The van der Waals surface area contributed by atoms with Gasteiger partial charge in [-0.05, 0) is 62.6 Å². The number of rotatable bonds is 6. The Hall–Kier alpha value is -1.88. The van der Waals surface area contributed by atoms with Gasteiger partial charge in [-0.2, -0.15) is 0 Å². The van der Waals surface area contributed by atoms with E-state index in [2.05, 4.69) is 35.4 Å². The lowest BCUT2D eigenvalue weighted by Crippen LogP contribution is -2.40. The summed E-state index contributed by atoms with van der Waals surface area (Å²) in [5, 5.41) is 3.24. The van der Waals surface area contributed by atoms with Gasteiger partial charge in [-0.15, -0.1) is 11.3 Å². The summed E-state index contributed by atoms with van der Waals surface area (Å²) in [5.41, 5.74) is 4.42. The first-order valence-electron chi connectivity index (χ1n) is 11.0. The standard InChI is InChI=1S/C24H33N3OS/c1-5-26(19-13-14-19)23-25-18(16-29-23)15-27(22(28)24(2,3)4)21-12-8-10-17-9-6-7-11-20(17)21/h8,10,12,16,19H,5-7,9,11,13-15H2,1-4H3. The predicted molar refractivity (Wildman–Crippen MR) is 122 cm³/mol. The molecular formula is C24H33N3OS. The number of benzene rings is 1. The van der Waals surface area contributed by atoms with Crippen LogP contribution in [0.1, 0.15) is 70.2 Å². The fraction of sp³-hybridized carbons (Fsp3) is 0.583. The number of hydrogen-bond acceptors (Lipinski definition) is 4. The molecule has 1 saturated carbocycles. The molecule has 5 heteroatoms. The molecular weight excluding hydrogens is 378 g/mol. The average molecular weight is 412 g/mol. The average Bonchev–Trinajstić information content (AvgIpc) is 3.43. The zero-order valence-corrected chi connectivity index (χ0v) is 19.0. The summed E-state index contributed by atoms with van der Waals surface area (Å²) in [7, 11) is 0. The van der Waals surface area contributed by atoms with Crippen molar-refractivity contribution in [1.82, 2.24) is 4.98 Å². The number of aromatic nitrogens is 1. The summed E-state index contributed by atoms with van der Waals surface area (Å²) in [6, 6.07) is 7.13. The van der Waals surface area contributed by atoms with E-state index in [-0.39, 0.29) is 5.91 Å². The van der Waals surface area contributed by atoms with Crippen LogP contribution in [0.3, 0.4) is 0 Å². The Morgan fingerprint density at radius 3 is 2.66 bits per heavy atom. The number of anilines is 2. The van der Waals surface area contributed by atoms with Crippen molar-refractivity contribution in [1.29, 1.82) is 0 Å². The third kappa shape index (κ3) is 4.35. The quantitative estimate of drug-likeness (QED) is 0.622. The Labute approximate surface area is 178 Å². The summed E-state index contributed by atoms with van der Waals surface area (Å²) in [6.45, 7) is 9.77. The van der Waals surface area contributed by atoms with Gasteiger partial charge < -0.3 is 9.80 Å². The molecule has 2 aromatic rings. The van der Waals surface area contributed by atoms with Crippen molar-refractivity contribution in [2.45, 2.75) is 78.8 Å². The molecule has 0 N–H and O–H groups in total. The molecule has 4 rings (SSSR count). The highest BCUT2D eigenvalue weighted by Crippen LogP contribution is 2.36. The summed E-state index contributed by atoms with van der Waals surface area (Å²) in [5.74, 6) is 0.167. The van der Waals surface area contributed by atoms with E-state index >= 15 is 0 Å². The van der Waals surface area contributed by atoms with Crippen molar-refractivity contribution in [2.75, 3.05) is 16.3 Å². The highest BCUT2D eigenvalue weighted by Gasteiger charge is 2.32. The molecule has 156 valence electrons. The van der Waals surface area contributed by atoms with E-state index in [4.69, 9.17) is 4.98 Å². The fourth-order valence-electron chi connectivity index (χ4n) is 4.28. The second-order valence-electron chi connectivity index (χ2n) is 9.40. The third-order valence-corrected chi connectivity index (χ3v) is 6.91. The van der Waals surface area contributed by atoms with Crippen molar-refractivity contribution >= 4 is 28.1 Å². The monoisotopic (exact) mass is 411 g/mol. The maximum absolute atomic E-state index is 13.5. The fourth-order valence-corrected chi connectivity index (χ4v) is 5.24. The molecule has 2 aliphatic carbocycles. The van der Waals surface area contributed by atoms with E-state index in [0.717, 1.165) is 35.9 Å². The van der Waals surface area contributed by atoms with Crippen LogP contribution in [-0.2, 0) is 24.2 Å². The summed E-state index contributed by atoms with van der Waals surface area (Å²) < 4.78 is 0. The Balaban J connectivity index is 1.66. The van der Waals surface area contributed by atoms with Crippen LogP contribution in [0.25, 0.3) is 0 Å². The first-order valence-corrected chi connectivity index (χ1v) is 11.9. The second kappa shape index (κ2) is 8.10. The number of carbonyl (C=O) groups excluding carboxylic acids is 1. The largest absolute Gasteiger partial charge is 0.345 e. The molecule has 1 heterocycles. The summed E-state index contributed by atoms with van der Waals surface area (Å²) in [6.07, 6.45) is 7.17. The topological polar surface area (TPSA) is 36.4 Å². The normalized spacial score (nSPS) is 16.4. The van der Waals surface area contributed by atoms with Crippen LogP contribution in [0, 0.1) is 5.41 Å². The molecule has 0 atom stereocenters. The van der Waals surface area contributed by atoms with Gasteiger partial charge in [0.2, 0.25) is 5.91 Å². The minimum absolute atomic E-state index is 0.167. The van der Waals surface area contributed by atoms with Crippen molar-refractivity contribution in [3.63, 3.8) is 0 Å². The Morgan fingerprint density at radius 1 is 1.21 bits per heavy atom. The number of aryl methyl sites for hydroxylation is 1. The molecule has 1 fully saturated rings. The van der Waals surface area contributed by atoms with E-state index < -0.39 is 5.41 Å². The van der Waals surface area contributed by atoms with Crippen LogP contribution in [-0.4, -0.2) is 23.5 Å². The smallest absolute Gasteiger partial charge is 0.232 e. The molecule has 0 spiro atoms. The first-order chi connectivity index (χ1) is 13.9. The number of amides is 1. The van der Waals surface area contributed by atoms with Gasteiger partial charge in [0.05, 0.1) is 12.2 Å². The maximum Gasteiger partial charge on any atom is 0.232 e. The number of fused-ring (bicyclic) bond motifs is 1. The van der Waals surface area contributed by atoms with Crippen LogP contribution in [0.15, 0.2) is 23.6 Å². The van der Waals surface area contributed by atoms with E-state index in [0.29, 0.717) is 12.6 Å². The Morgan fingerprint density at radius 2 is 1.97 bits per heavy atom. The van der Waals surface area contributed by atoms with Crippen LogP contribution >= 0.6 is 11.3 Å². The van der Waals surface area contributed by atoms with Gasteiger partial charge in [-0.1, -0.05) is 32.9 Å². The number of nitrogens with zero attached hydrogens (tertiary/aromatic N) is 3. The molecule has 29 heavy (non-hydrogen) atoms. The molecule has 0 saturated heterocycles. The molecule has 1 amide bonds. The molecule has 1 aromatic heterocycles. The van der Waals surface area contributed by atoms with Crippen molar-refractivity contribution in [3.8, 4) is 0 Å². The van der Waals surface area contributed by atoms with Crippen molar-refractivity contribution < 1.29 is 4.79 Å². The molecule has 0 bridgehead atoms. The van der Waals surface area contributed by atoms with E-state index in [1.54, 1.807) is 11.3 Å². The van der Waals surface area contributed by atoms with Crippen LogP contribution in [0.4, 0.5) is 10.8 Å². The first kappa shape index (κ1) is 20.4. The lowest BCUT2D eigenvalue weighted by molar-refractivity contribution is -0.125. The zero-order chi connectivity index (χ0) is 20.6. The minimum atomic E-state index is -0.431. The van der Waals surface area contributed by atoms with Crippen LogP contribution in [0.2, 0.25) is 0 Å². The SMILES string of the molecule is CCN(c1nc(CN(C(=O)C(C)(C)C)c2cccc3c2CCCC3)cs1)C1CC1. The van der Waals surface area contributed by atoms with Gasteiger partial charge in [0.25, 0.3) is 0 Å². The van der Waals surface area contributed by atoms with Crippen LogP contribution in [0.5, 0.6) is 0 Å². The third-order valence-electron chi connectivity index (χ3n) is 5.98. The van der Waals surface area contributed by atoms with E-state index in [1.807, 2.05) is 25.7 Å². The van der Waals surface area contributed by atoms with E-state index in [1.165, 1.54) is 36.8 Å². The number of thiazole rings is 1. The Bertz CT molecular complexity index is 878. The van der Waals surface area contributed by atoms with Gasteiger partial charge in [0.1, 0.15) is 0 Å². The molecule has 1 aromatic carbocycles. The van der Waals surface area contributed by atoms with Gasteiger partial charge >= 0.3 is 0 Å². The zero-order valence-electron chi connectivity index (χ0n) is 18.2. The lowest BCUT2D eigenvalue weighted by Gasteiger charge is -2.32. The lowest BCUT2D eigenvalue weighted by atomic mass is 9.88. The molecule has 4 nitrogen and oxygen atoms in total. The highest BCUT2D eigenvalue weighted by molar-refractivity contribution is 7.13. The van der Waals surface area contributed by atoms with Crippen LogP contribution < -0.4 is 9.80 Å². The van der Waals surface area contributed by atoms with Gasteiger partial charge in [0.15, 0.2) is 5.13 Å². The van der Waals surface area contributed by atoms with Gasteiger partial charge in [0, 0.05) is 29.1 Å². The van der Waals surface area contributed by atoms with Gasteiger partial charge in [-0.3, -0.25) is 4.79 Å². The number of carbonyl (C=O) groups is 1. The second-order valence-corrected chi connectivity index (χ2v) is 10.2. The predicted octanol–water partition coefficient (Wildman–Crippen LogP) is 5.59. The maximum atomic E-state index is 13.5. The van der Waals surface area contributed by atoms with Crippen molar-refractivity contribution in [2.24, 2.45) is 5.41 Å². The van der Waals surface area contributed by atoms with E-state index in [9.17, 15) is 4.79 Å². The minimum Gasteiger partial charge on any atom is -0.345 e. The van der Waals surface area contributed by atoms with Gasteiger partial charge in [-0.25, -0.2) is 4.98 Å². The Kier molecular flexibility index (Phi) is 5.69. The molecule has 2 aliphatic rings. The van der Waals surface area contributed by atoms with Crippen molar-refractivity contribution in [3.05, 3.63) is 40.4 Å². The molecule has 0 aliphatic heterocycles. The number of hydrogen-bond donors (Lipinski definition) is 0. The molecule has 0 unspecified atom stereocenters. The summed E-state index contributed by atoms with van der Waals surface area (Å²) in [4.78, 5) is 22.8.